The van der Waals surface area contributed by atoms with Crippen LogP contribution in [0.25, 0.3) is 0 Å². The fourth-order valence-corrected chi connectivity index (χ4v) is 3.55. The van der Waals surface area contributed by atoms with Crippen molar-refractivity contribution < 1.29 is 4.52 Å². The molecule has 0 amide bonds. The van der Waals surface area contributed by atoms with Gasteiger partial charge >= 0.3 is 0 Å². The molecule has 21 heavy (non-hydrogen) atoms. The lowest BCUT2D eigenvalue weighted by atomic mass is 10.0. The van der Waals surface area contributed by atoms with E-state index in [1.807, 2.05) is 6.92 Å². The van der Waals surface area contributed by atoms with Crippen LogP contribution in [0.1, 0.15) is 60.7 Å². The molecule has 6 heteroatoms. The Hall–Kier alpha value is -1.69. The van der Waals surface area contributed by atoms with E-state index in [1.165, 1.54) is 30.7 Å². The first-order chi connectivity index (χ1) is 10.3. The minimum absolute atomic E-state index is 0.370. The number of nitrogens with zero attached hydrogens (tertiary/aromatic N) is 4. The highest BCUT2D eigenvalue weighted by Gasteiger charge is 2.30. The summed E-state index contributed by atoms with van der Waals surface area (Å²) in [4.78, 5) is 15.2. The van der Waals surface area contributed by atoms with Crippen molar-refractivity contribution in [2.24, 2.45) is 0 Å². The van der Waals surface area contributed by atoms with Crippen molar-refractivity contribution in [1.82, 2.24) is 25.0 Å². The van der Waals surface area contributed by atoms with E-state index in [0.29, 0.717) is 11.9 Å². The van der Waals surface area contributed by atoms with E-state index in [9.17, 15) is 0 Å². The summed E-state index contributed by atoms with van der Waals surface area (Å²) in [5.41, 5.74) is 2.65. The third-order valence-electron chi connectivity index (χ3n) is 4.57. The van der Waals surface area contributed by atoms with Crippen molar-refractivity contribution in [3.63, 3.8) is 0 Å². The first kappa shape index (κ1) is 13.0. The highest BCUT2D eigenvalue weighted by Crippen LogP contribution is 2.32. The molecule has 3 heterocycles. The molecule has 2 aliphatic rings. The number of aromatic nitrogens is 4. The van der Waals surface area contributed by atoms with E-state index in [-0.39, 0.29) is 0 Å². The molecule has 1 atom stereocenters. The third-order valence-corrected chi connectivity index (χ3v) is 4.57. The molecule has 2 aromatic rings. The Morgan fingerprint density at radius 2 is 2.14 bits per heavy atom. The summed E-state index contributed by atoms with van der Waals surface area (Å²) in [6, 6.07) is 0.370. The third kappa shape index (κ3) is 2.48. The Labute approximate surface area is 123 Å². The van der Waals surface area contributed by atoms with Gasteiger partial charge in [-0.25, -0.2) is 4.98 Å². The van der Waals surface area contributed by atoms with Crippen LogP contribution in [0.15, 0.2) is 4.52 Å². The van der Waals surface area contributed by atoms with Crippen molar-refractivity contribution in [3.05, 3.63) is 28.9 Å². The Balaban J connectivity index is 1.54. The van der Waals surface area contributed by atoms with Gasteiger partial charge in [-0.1, -0.05) is 5.16 Å². The maximum atomic E-state index is 5.07. The zero-order chi connectivity index (χ0) is 14.2. The molecule has 6 nitrogen and oxygen atoms in total. The number of hydrogen-bond donors (Lipinski definition) is 1. The molecular weight excluding hydrogens is 266 g/mol. The SMILES string of the molecule is Cc1nc(CN2CCC[C@@H]2c2nc3c([nH]2)CCCC3)no1. The number of nitrogens with one attached hydrogen (secondary N) is 1. The maximum absolute atomic E-state index is 5.07. The molecule has 1 aliphatic carbocycles. The number of rotatable bonds is 3. The van der Waals surface area contributed by atoms with Gasteiger partial charge in [0, 0.05) is 12.6 Å². The van der Waals surface area contributed by atoms with E-state index < -0.39 is 0 Å². The van der Waals surface area contributed by atoms with Crippen molar-refractivity contribution in [2.45, 2.75) is 58.0 Å². The predicted octanol–water partition coefficient (Wildman–Crippen LogP) is 2.32. The first-order valence-corrected chi connectivity index (χ1v) is 7.90. The second-order valence-electron chi connectivity index (χ2n) is 6.11. The molecule has 112 valence electrons. The molecule has 1 N–H and O–H groups in total. The molecule has 2 aromatic heterocycles. The number of aryl methyl sites for hydroxylation is 3. The predicted molar refractivity (Wildman–Crippen MR) is 76.6 cm³/mol. The van der Waals surface area contributed by atoms with Crippen LogP contribution in [0, 0.1) is 6.92 Å². The summed E-state index contributed by atoms with van der Waals surface area (Å²) in [5, 5.41) is 4.01. The molecule has 0 saturated carbocycles. The summed E-state index contributed by atoms with van der Waals surface area (Å²) < 4.78 is 5.07. The van der Waals surface area contributed by atoms with E-state index in [4.69, 9.17) is 9.51 Å². The van der Waals surface area contributed by atoms with Gasteiger partial charge in [-0.15, -0.1) is 0 Å². The van der Waals surface area contributed by atoms with E-state index in [0.717, 1.165) is 44.0 Å². The van der Waals surface area contributed by atoms with E-state index in [1.54, 1.807) is 0 Å². The van der Waals surface area contributed by atoms with Gasteiger partial charge in [0.15, 0.2) is 5.82 Å². The molecule has 1 aliphatic heterocycles. The van der Waals surface area contributed by atoms with Gasteiger partial charge in [-0.3, -0.25) is 4.90 Å². The zero-order valence-electron chi connectivity index (χ0n) is 12.4. The maximum Gasteiger partial charge on any atom is 0.223 e. The minimum Gasteiger partial charge on any atom is -0.344 e. The molecule has 1 saturated heterocycles. The highest BCUT2D eigenvalue weighted by molar-refractivity contribution is 5.19. The van der Waals surface area contributed by atoms with Gasteiger partial charge in [0.2, 0.25) is 5.89 Å². The van der Waals surface area contributed by atoms with Crippen LogP contribution in [0.2, 0.25) is 0 Å². The fraction of sp³-hybridized carbons (Fsp3) is 0.667. The van der Waals surface area contributed by atoms with Crippen LogP contribution < -0.4 is 0 Å². The topological polar surface area (TPSA) is 70.8 Å². The standard InChI is InChI=1S/C15H21N5O/c1-10-16-14(19-21-10)9-20-8-4-7-13(20)15-17-11-5-2-3-6-12(11)18-15/h13H,2-9H2,1H3,(H,17,18)/t13-/m1/s1. The summed E-state index contributed by atoms with van der Waals surface area (Å²) in [5.74, 6) is 2.55. The molecule has 0 spiro atoms. The number of H-pyrrole nitrogens is 1. The number of hydrogen-bond acceptors (Lipinski definition) is 5. The Morgan fingerprint density at radius 1 is 1.24 bits per heavy atom. The van der Waals surface area contributed by atoms with E-state index >= 15 is 0 Å². The van der Waals surface area contributed by atoms with Crippen LogP contribution in [0.3, 0.4) is 0 Å². The van der Waals surface area contributed by atoms with Gasteiger partial charge in [0.25, 0.3) is 0 Å². The molecule has 0 bridgehead atoms. The largest absolute Gasteiger partial charge is 0.344 e. The quantitative estimate of drug-likeness (QED) is 0.938. The molecule has 4 rings (SSSR count). The van der Waals surface area contributed by atoms with Gasteiger partial charge in [-0.2, -0.15) is 4.98 Å². The monoisotopic (exact) mass is 287 g/mol. The van der Waals surface area contributed by atoms with Crippen molar-refractivity contribution in [2.75, 3.05) is 6.54 Å². The number of aromatic amines is 1. The lowest BCUT2D eigenvalue weighted by Gasteiger charge is -2.20. The van der Waals surface area contributed by atoms with Crippen molar-refractivity contribution >= 4 is 0 Å². The number of likely N-dealkylation sites (tertiary alicyclic amines) is 1. The van der Waals surface area contributed by atoms with E-state index in [2.05, 4.69) is 20.0 Å². The average molecular weight is 287 g/mol. The van der Waals surface area contributed by atoms with Crippen LogP contribution >= 0.6 is 0 Å². The lowest BCUT2D eigenvalue weighted by molar-refractivity contribution is 0.231. The number of fused-ring (bicyclic) bond motifs is 1. The Bertz CT molecular complexity index is 608. The Kier molecular flexibility index (Phi) is 3.25. The van der Waals surface area contributed by atoms with Crippen LogP contribution in [0.5, 0.6) is 0 Å². The molecule has 1 fully saturated rings. The fourth-order valence-electron chi connectivity index (χ4n) is 3.55. The van der Waals surface area contributed by atoms with Gasteiger partial charge in [0.05, 0.1) is 18.3 Å². The lowest BCUT2D eigenvalue weighted by Crippen LogP contribution is -2.24. The van der Waals surface area contributed by atoms with Crippen LogP contribution in [0.4, 0.5) is 0 Å². The first-order valence-electron chi connectivity index (χ1n) is 7.90. The van der Waals surface area contributed by atoms with Gasteiger partial charge in [0.1, 0.15) is 5.82 Å². The normalized spacial score (nSPS) is 22.6. The minimum atomic E-state index is 0.370. The summed E-state index contributed by atoms with van der Waals surface area (Å²) in [6.07, 6.45) is 7.19. The summed E-state index contributed by atoms with van der Waals surface area (Å²) >= 11 is 0. The second-order valence-corrected chi connectivity index (χ2v) is 6.11. The molecule has 0 aromatic carbocycles. The average Bonchev–Trinajstić information content (AvgIpc) is 3.18. The second kappa shape index (κ2) is 5.26. The Morgan fingerprint density at radius 3 is 2.95 bits per heavy atom. The van der Waals surface area contributed by atoms with Gasteiger partial charge in [-0.05, 0) is 45.1 Å². The zero-order valence-corrected chi connectivity index (χ0v) is 12.4. The highest BCUT2D eigenvalue weighted by atomic mass is 16.5. The van der Waals surface area contributed by atoms with Crippen molar-refractivity contribution in [1.29, 1.82) is 0 Å². The van der Waals surface area contributed by atoms with Crippen molar-refractivity contribution in [3.8, 4) is 0 Å². The smallest absolute Gasteiger partial charge is 0.223 e. The summed E-state index contributed by atoms with van der Waals surface area (Å²) in [7, 11) is 0. The van der Waals surface area contributed by atoms with Gasteiger partial charge < -0.3 is 9.51 Å². The molecule has 0 radical (unpaired) electrons. The number of imidazole rings is 1. The molecular formula is C15H21N5O. The molecule has 0 unspecified atom stereocenters. The summed E-state index contributed by atoms with van der Waals surface area (Å²) in [6.45, 7) is 3.65. The van der Waals surface area contributed by atoms with Crippen LogP contribution in [-0.2, 0) is 19.4 Å². The van der Waals surface area contributed by atoms with Crippen LogP contribution in [-0.4, -0.2) is 31.6 Å².